The Morgan fingerprint density at radius 3 is 2.94 bits per heavy atom. The van der Waals surface area contributed by atoms with Gasteiger partial charge >= 0.3 is 0 Å². The van der Waals surface area contributed by atoms with Crippen LogP contribution in [0, 0.1) is 5.82 Å². The molecule has 1 aromatic carbocycles. The fraction of sp³-hybridized carbons (Fsp3) is 0.571. The fourth-order valence-corrected chi connectivity index (χ4v) is 3.52. The van der Waals surface area contributed by atoms with Gasteiger partial charge in [0.15, 0.2) is 11.6 Å². The third kappa shape index (κ3) is 3.18. The number of hydrogen-bond donors (Lipinski definition) is 2. The van der Waals surface area contributed by atoms with E-state index >= 15 is 0 Å². The Labute approximate surface area is 112 Å². The highest BCUT2D eigenvalue weighted by Crippen LogP contribution is 2.28. The molecule has 2 unspecified atom stereocenters. The molecular weight excluding hydrogens is 249 g/mol. The van der Waals surface area contributed by atoms with Crippen molar-refractivity contribution in [1.29, 1.82) is 0 Å². The molecular formula is C14H20FNOS. The molecule has 2 N–H and O–H groups in total. The van der Waals surface area contributed by atoms with Gasteiger partial charge in [0.05, 0.1) is 0 Å². The number of rotatable bonds is 4. The Morgan fingerprint density at radius 2 is 2.17 bits per heavy atom. The van der Waals surface area contributed by atoms with Crippen molar-refractivity contribution in [3.63, 3.8) is 0 Å². The van der Waals surface area contributed by atoms with Gasteiger partial charge in [0.25, 0.3) is 0 Å². The van der Waals surface area contributed by atoms with Crippen LogP contribution < -0.4 is 5.32 Å². The van der Waals surface area contributed by atoms with E-state index in [1.807, 2.05) is 11.8 Å². The number of para-hydroxylation sites is 1. The van der Waals surface area contributed by atoms with Crippen LogP contribution in [0.5, 0.6) is 5.75 Å². The number of hydrogen-bond acceptors (Lipinski definition) is 3. The number of nitrogens with one attached hydrogen (secondary N) is 1. The maximum Gasteiger partial charge on any atom is 0.165 e. The van der Waals surface area contributed by atoms with E-state index in [9.17, 15) is 9.50 Å². The lowest BCUT2D eigenvalue weighted by Gasteiger charge is -2.31. The first-order valence-corrected chi connectivity index (χ1v) is 7.73. The fourth-order valence-electron chi connectivity index (χ4n) is 2.56. The van der Waals surface area contributed by atoms with E-state index in [0.29, 0.717) is 23.4 Å². The standard InChI is InChI=1S/C14H20FNOS/c1-18-13-8-3-2-7-12(13)16-9-10-5-4-6-11(15)14(10)17/h4-6,12-13,16-17H,2-3,7-9H2,1H3. The Kier molecular flexibility index (Phi) is 4.89. The van der Waals surface area contributed by atoms with Gasteiger partial charge in [-0.05, 0) is 25.2 Å². The van der Waals surface area contributed by atoms with Crippen molar-refractivity contribution < 1.29 is 9.50 Å². The summed E-state index contributed by atoms with van der Waals surface area (Å²) >= 11 is 1.90. The summed E-state index contributed by atoms with van der Waals surface area (Å²) in [4.78, 5) is 0. The second kappa shape index (κ2) is 6.43. The number of aromatic hydroxyl groups is 1. The van der Waals surface area contributed by atoms with Crippen molar-refractivity contribution in [2.24, 2.45) is 0 Å². The Bertz CT molecular complexity index is 399. The van der Waals surface area contributed by atoms with Crippen LogP contribution in [0.4, 0.5) is 4.39 Å². The molecule has 2 nitrogen and oxygen atoms in total. The summed E-state index contributed by atoms with van der Waals surface area (Å²) in [5, 5.41) is 13.7. The zero-order valence-electron chi connectivity index (χ0n) is 10.7. The van der Waals surface area contributed by atoms with E-state index in [1.54, 1.807) is 12.1 Å². The lowest BCUT2D eigenvalue weighted by molar-refractivity contribution is 0.375. The van der Waals surface area contributed by atoms with Crippen molar-refractivity contribution in [1.82, 2.24) is 5.32 Å². The van der Waals surface area contributed by atoms with Crippen LogP contribution in [0.15, 0.2) is 18.2 Å². The summed E-state index contributed by atoms with van der Waals surface area (Å²) < 4.78 is 13.2. The molecule has 0 radical (unpaired) electrons. The average molecular weight is 269 g/mol. The van der Waals surface area contributed by atoms with Gasteiger partial charge in [-0.25, -0.2) is 4.39 Å². The minimum absolute atomic E-state index is 0.221. The predicted molar refractivity (Wildman–Crippen MR) is 74.5 cm³/mol. The smallest absolute Gasteiger partial charge is 0.165 e. The number of benzene rings is 1. The summed E-state index contributed by atoms with van der Waals surface area (Å²) in [5.41, 5.74) is 0.639. The molecule has 0 aliphatic heterocycles. The maximum absolute atomic E-state index is 13.2. The largest absolute Gasteiger partial charge is 0.505 e. The quantitative estimate of drug-likeness (QED) is 0.879. The molecule has 2 atom stereocenters. The van der Waals surface area contributed by atoms with Crippen molar-refractivity contribution >= 4 is 11.8 Å². The molecule has 1 aliphatic carbocycles. The molecule has 1 aromatic rings. The minimum Gasteiger partial charge on any atom is -0.505 e. The highest BCUT2D eigenvalue weighted by molar-refractivity contribution is 7.99. The first kappa shape index (κ1) is 13.7. The zero-order chi connectivity index (χ0) is 13.0. The highest BCUT2D eigenvalue weighted by atomic mass is 32.2. The average Bonchev–Trinajstić information content (AvgIpc) is 2.41. The second-order valence-electron chi connectivity index (χ2n) is 4.79. The molecule has 1 saturated carbocycles. The van der Waals surface area contributed by atoms with Gasteiger partial charge in [0.2, 0.25) is 0 Å². The molecule has 0 spiro atoms. The van der Waals surface area contributed by atoms with Crippen molar-refractivity contribution in [2.75, 3.05) is 6.26 Å². The third-order valence-corrected chi connectivity index (χ3v) is 4.80. The van der Waals surface area contributed by atoms with Crippen LogP contribution in [0.3, 0.4) is 0 Å². The molecule has 18 heavy (non-hydrogen) atoms. The molecule has 0 bridgehead atoms. The van der Waals surface area contributed by atoms with Crippen LogP contribution in [-0.4, -0.2) is 22.7 Å². The first-order valence-electron chi connectivity index (χ1n) is 6.45. The van der Waals surface area contributed by atoms with Gasteiger partial charge in [-0.3, -0.25) is 0 Å². The van der Waals surface area contributed by atoms with Gasteiger partial charge in [0.1, 0.15) is 0 Å². The van der Waals surface area contributed by atoms with E-state index in [-0.39, 0.29) is 5.75 Å². The monoisotopic (exact) mass is 269 g/mol. The lowest BCUT2D eigenvalue weighted by Crippen LogP contribution is -2.39. The van der Waals surface area contributed by atoms with Gasteiger partial charge in [-0.1, -0.05) is 25.0 Å². The van der Waals surface area contributed by atoms with Crippen LogP contribution in [-0.2, 0) is 6.54 Å². The van der Waals surface area contributed by atoms with Gasteiger partial charge < -0.3 is 10.4 Å². The first-order chi connectivity index (χ1) is 8.72. The molecule has 1 fully saturated rings. The van der Waals surface area contributed by atoms with Crippen molar-refractivity contribution in [3.8, 4) is 5.75 Å². The molecule has 1 aliphatic rings. The van der Waals surface area contributed by atoms with E-state index in [2.05, 4.69) is 11.6 Å². The van der Waals surface area contributed by atoms with Crippen LogP contribution in [0.2, 0.25) is 0 Å². The van der Waals surface area contributed by atoms with Gasteiger partial charge in [-0.15, -0.1) is 0 Å². The van der Waals surface area contributed by atoms with Gasteiger partial charge in [0, 0.05) is 23.4 Å². The van der Waals surface area contributed by atoms with Crippen molar-refractivity contribution in [2.45, 2.75) is 43.5 Å². The van der Waals surface area contributed by atoms with Crippen LogP contribution in [0.1, 0.15) is 31.2 Å². The van der Waals surface area contributed by atoms with Crippen LogP contribution in [0.25, 0.3) is 0 Å². The summed E-state index contributed by atoms with van der Waals surface area (Å²) in [6.07, 6.45) is 7.11. The number of phenolic OH excluding ortho intramolecular Hbond substituents is 1. The number of thioether (sulfide) groups is 1. The normalized spacial score (nSPS) is 24.1. The number of halogens is 1. The van der Waals surface area contributed by atoms with Crippen molar-refractivity contribution in [3.05, 3.63) is 29.6 Å². The molecule has 100 valence electrons. The molecule has 2 rings (SSSR count). The third-order valence-electron chi connectivity index (χ3n) is 3.63. The van der Waals surface area contributed by atoms with Crippen LogP contribution >= 0.6 is 11.8 Å². The molecule has 0 amide bonds. The Hall–Kier alpha value is -0.740. The Balaban J connectivity index is 1.96. The maximum atomic E-state index is 13.2. The van der Waals surface area contributed by atoms with E-state index in [0.717, 1.165) is 0 Å². The van der Waals surface area contributed by atoms with Gasteiger partial charge in [-0.2, -0.15) is 11.8 Å². The predicted octanol–water partition coefficient (Wildman–Crippen LogP) is 3.30. The van der Waals surface area contributed by atoms with E-state index in [4.69, 9.17) is 0 Å². The lowest BCUT2D eigenvalue weighted by atomic mass is 9.94. The van der Waals surface area contributed by atoms with E-state index < -0.39 is 5.82 Å². The number of phenols is 1. The highest BCUT2D eigenvalue weighted by Gasteiger charge is 2.23. The Morgan fingerprint density at radius 1 is 1.39 bits per heavy atom. The molecule has 4 heteroatoms. The SMILES string of the molecule is CSC1CCCCC1NCc1cccc(F)c1O. The molecule has 0 saturated heterocycles. The second-order valence-corrected chi connectivity index (χ2v) is 5.87. The molecule has 0 heterocycles. The topological polar surface area (TPSA) is 32.3 Å². The summed E-state index contributed by atoms with van der Waals surface area (Å²) in [5.74, 6) is -0.763. The summed E-state index contributed by atoms with van der Waals surface area (Å²) in [6, 6.07) is 5.15. The summed E-state index contributed by atoms with van der Waals surface area (Å²) in [7, 11) is 0. The molecule has 0 aromatic heterocycles. The van der Waals surface area contributed by atoms with E-state index in [1.165, 1.54) is 31.7 Å². The zero-order valence-corrected chi connectivity index (χ0v) is 11.5. The summed E-state index contributed by atoms with van der Waals surface area (Å²) in [6.45, 7) is 0.533. The minimum atomic E-state index is -0.542.